The van der Waals surface area contributed by atoms with Crippen LogP contribution in [-0.2, 0) is 18.3 Å². The van der Waals surface area contributed by atoms with Crippen LogP contribution >= 0.6 is 0 Å². The minimum Gasteiger partial charge on any atom is -0.493 e. The van der Waals surface area contributed by atoms with Gasteiger partial charge >= 0.3 is 6.01 Å². The quantitative estimate of drug-likeness (QED) is 0.466. The van der Waals surface area contributed by atoms with Crippen molar-refractivity contribution in [2.45, 2.75) is 31.7 Å². The van der Waals surface area contributed by atoms with E-state index >= 15 is 0 Å². The Morgan fingerprint density at radius 1 is 1.16 bits per heavy atom. The molecule has 38 heavy (non-hydrogen) atoms. The van der Waals surface area contributed by atoms with Crippen LogP contribution in [0.3, 0.4) is 0 Å². The predicted octanol–water partition coefficient (Wildman–Crippen LogP) is 3.27. The third kappa shape index (κ3) is 4.49. The number of likely N-dealkylation sites (N-methyl/N-ethyl adjacent to an activating group) is 1. The normalized spacial score (nSPS) is 19.9. The van der Waals surface area contributed by atoms with Crippen LogP contribution in [-0.4, -0.2) is 89.3 Å². The lowest BCUT2D eigenvalue weighted by atomic mass is 9.98. The van der Waals surface area contributed by atoms with Crippen LogP contribution in [0.5, 0.6) is 11.8 Å². The molecule has 0 saturated carbocycles. The van der Waals surface area contributed by atoms with Gasteiger partial charge in [-0.25, -0.2) is 0 Å². The van der Waals surface area contributed by atoms with Gasteiger partial charge in [0, 0.05) is 50.4 Å². The Morgan fingerprint density at radius 3 is 2.76 bits per heavy atom. The minimum atomic E-state index is -0.0283. The number of aromatic nitrogens is 3. The van der Waals surface area contributed by atoms with Crippen molar-refractivity contribution < 1.29 is 14.3 Å². The number of carbonyl (C=O) groups is 1. The Labute approximate surface area is 223 Å². The van der Waals surface area contributed by atoms with Gasteiger partial charge in [-0.1, -0.05) is 18.7 Å². The van der Waals surface area contributed by atoms with E-state index in [1.54, 1.807) is 0 Å². The average molecular weight is 517 g/mol. The number of piperazine rings is 1. The van der Waals surface area contributed by atoms with E-state index in [4.69, 9.17) is 19.4 Å². The van der Waals surface area contributed by atoms with Gasteiger partial charge in [-0.15, -0.1) is 0 Å². The van der Waals surface area contributed by atoms with Crippen LogP contribution in [0.25, 0.3) is 22.3 Å². The number of carbonyl (C=O) groups excluding carboxylic acids is 1. The fourth-order valence-electron chi connectivity index (χ4n) is 6.01. The molecule has 0 bridgehead atoms. The Hall–Kier alpha value is -3.59. The number of amides is 1. The number of fused-ring (bicyclic) bond motifs is 2. The standard InChI is InChI=1S/C29H36N6O3/c1-4-26(36)34-13-15-35(16-14-34)28-27-23(30-29(31-28)38-19-20-8-6-12-32(20)2)18-24(33(27)3)21-9-5-11-25-22(21)10-7-17-37-25/h4-5,9,11,18,20H,1,6-8,10,12-17,19H2,2-3H3/t20-/m0/s1. The summed E-state index contributed by atoms with van der Waals surface area (Å²) in [6.07, 6.45) is 5.71. The summed E-state index contributed by atoms with van der Waals surface area (Å²) < 4.78 is 14.4. The molecule has 5 heterocycles. The smallest absolute Gasteiger partial charge is 0.319 e. The van der Waals surface area contributed by atoms with Crippen LogP contribution < -0.4 is 14.4 Å². The van der Waals surface area contributed by atoms with E-state index < -0.39 is 0 Å². The molecule has 2 saturated heterocycles. The third-order valence-corrected chi connectivity index (χ3v) is 8.22. The van der Waals surface area contributed by atoms with Crippen molar-refractivity contribution in [3.63, 3.8) is 0 Å². The fourth-order valence-corrected chi connectivity index (χ4v) is 6.01. The Kier molecular flexibility index (Phi) is 6.69. The van der Waals surface area contributed by atoms with Gasteiger partial charge in [0.1, 0.15) is 17.9 Å². The molecular formula is C29H36N6O3. The van der Waals surface area contributed by atoms with Gasteiger partial charge in [-0.05, 0) is 57.5 Å². The highest BCUT2D eigenvalue weighted by atomic mass is 16.5. The maximum atomic E-state index is 12.2. The van der Waals surface area contributed by atoms with E-state index in [1.165, 1.54) is 23.6 Å². The molecule has 9 nitrogen and oxygen atoms in total. The zero-order valence-corrected chi connectivity index (χ0v) is 22.4. The Morgan fingerprint density at radius 2 is 2.00 bits per heavy atom. The number of hydrogen-bond acceptors (Lipinski definition) is 7. The summed E-state index contributed by atoms with van der Waals surface area (Å²) in [4.78, 5) is 28.4. The van der Waals surface area contributed by atoms with Crippen molar-refractivity contribution in [2.75, 3.05) is 57.9 Å². The number of nitrogens with zero attached hydrogens (tertiary/aromatic N) is 6. The highest BCUT2D eigenvalue weighted by Crippen LogP contribution is 2.38. The number of anilines is 1. The van der Waals surface area contributed by atoms with Gasteiger partial charge in [-0.3, -0.25) is 4.79 Å². The largest absolute Gasteiger partial charge is 0.493 e. The van der Waals surface area contributed by atoms with Gasteiger partial charge in [0.2, 0.25) is 5.91 Å². The van der Waals surface area contributed by atoms with Crippen molar-refractivity contribution in [1.82, 2.24) is 24.3 Å². The van der Waals surface area contributed by atoms with Crippen LogP contribution in [0.4, 0.5) is 5.82 Å². The number of benzene rings is 1. The first-order valence-corrected chi connectivity index (χ1v) is 13.7. The SMILES string of the molecule is C=CC(=O)N1CCN(c2nc(OC[C@@H]3CCCN3C)nc3cc(-c4cccc5c4CCCO5)n(C)c23)CC1. The first-order valence-electron chi connectivity index (χ1n) is 13.7. The Balaban J connectivity index is 1.39. The maximum Gasteiger partial charge on any atom is 0.319 e. The summed E-state index contributed by atoms with van der Waals surface area (Å²) >= 11 is 0. The van der Waals surface area contributed by atoms with Gasteiger partial charge in [0.05, 0.1) is 17.8 Å². The van der Waals surface area contributed by atoms with E-state index in [0.29, 0.717) is 44.8 Å². The van der Waals surface area contributed by atoms with Crippen molar-refractivity contribution in [3.8, 4) is 23.0 Å². The molecule has 3 aromatic rings. The highest BCUT2D eigenvalue weighted by Gasteiger charge is 2.27. The van der Waals surface area contributed by atoms with Gasteiger partial charge in [-0.2, -0.15) is 9.97 Å². The highest BCUT2D eigenvalue weighted by molar-refractivity contribution is 5.93. The summed E-state index contributed by atoms with van der Waals surface area (Å²) in [5.74, 6) is 1.79. The van der Waals surface area contributed by atoms with Gasteiger partial charge in [0.15, 0.2) is 5.82 Å². The summed E-state index contributed by atoms with van der Waals surface area (Å²) in [6.45, 7) is 8.70. The van der Waals surface area contributed by atoms with E-state index in [0.717, 1.165) is 60.7 Å². The molecule has 1 aromatic carbocycles. The monoisotopic (exact) mass is 516 g/mol. The number of rotatable bonds is 6. The molecule has 0 unspecified atom stereocenters. The molecule has 9 heteroatoms. The van der Waals surface area contributed by atoms with Crippen LogP contribution in [0.2, 0.25) is 0 Å². The number of likely N-dealkylation sites (tertiary alicyclic amines) is 1. The average Bonchev–Trinajstić information content (AvgIpc) is 3.52. The molecule has 0 aliphatic carbocycles. The lowest BCUT2D eigenvalue weighted by Gasteiger charge is -2.35. The minimum absolute atomic E-state index is 0.0283. The first kappa shape index (κ1) is 24.7. The van der Waals surface area contributed by atoms with Gasteiger partial charge < -0.3 is 28.7 Å². The van der Waals surface area contributed by atoms with E-state index in [-0.39, 0.29) is 5.91 Å². The topological polar surface area (TPSA) is 76.0 Å². The van der Waals surface area contributed by atoms with Crippen molar-refractivity contribution in [2.24, 2.45) is 7.05 Å². The summed E-state index contributed by atoms with van der Waals surface area (Å²) in [5.41, 5.74) is 5.34. The second kappa shape index (κ2) is 10.3. The first-order chi connectivity index (χ1) is 18.5. The predicted molar refractivity (Wildman–Crippen MR) is 148 cm³/mol. The lowest BCUT2D eigenvalue weighted by molar-refractivity contribution is -0.126. The molecule has 3 aliphatic heterocycles. The zero-order chi connectivity index (χ0) is 26.2. The molecule has 0 radical (unpaired) electrons. The van der Waals surface area contributed by atoms with Crippen LogP contribution in [0, 0.1) is 0 Å². The molecule has 0 N–H and O–H groups in total. The van der Waals surface area contributed by atoms with E-state index in [1.807, 2.05) is 4.90 Å². The van der Waals surface area contributed by atoms with Crippen LogP contribution in [0.15, 0.2) is 36.9 Å². The second-order valence-electron chi connectivity index (χ2n) is 10.5. The van der Waals surface area contributed by atoms with Gasteiger partial charge in [0.25, 0.3) is 0 Å². The van der Waals surface area contributed by atoms with Crippen molar-refractivity contribution in [3.05, 3.63) is 42.5 Å². The molecule has 2 aromatic heterocycles. The molecule has 200 valence electrons. The second-order valence-corrected chi connectivity index (χ2v) is 10.5. The van der Waals surface area contributed by atoms with Crippen LogP contribution in [0.1, 0.15) is 24.8 Å². The summed E-state index contributed by atoms with van der Waals surface area (Å²) in [5, 5.41) is 0. The molecule has 3 aliphatic rings. The number of aryl methyl sites for hydroxylation is 1. The molecule has 0 spiro atoms. The molecular weight excluding hydrogens is 480 g/mol. The molecule has 1 amide bonds. The molecule has 2 fully saturated rings. The van der Waals surface area contributed by atoms with Crippen molar-refractivity contribution in [1.29, 1.82) is 0 Å². The molecule has 6 rings (SSSR count). The fraction of sp³-hybridized carbons (Fsp3) is 0.483. The third-order valence-electron chi connectivity index (χ3n) is 8.22. The Bertz CT molecular complexity index is 1360. The summed E-state index contributed by atoms with van der Waals surface area (Å²) in [7, 11) is 4.23. The summed E-state index contributed by atoms with van der Waals surface area (Å²) in [6, 6.07) is 9.23. The lowest BCUT2D eigenvalue weighted by Crippen LogP contribution is -2.48. The maximum absolute atomic E-state index is 12.2. The van der Waals surface area contributed by atoms with Crippen molar-refractivity contribution >= 4 is 22.8 Å². The number of hydrogen-bond donors (Lipinski definition) is 0. The zero-order valence-electron chi connectivity index (χ0n) is 22.4. The van der Waals surface area contributed by atoms with E-state index in [9.17, 15) is 4.79 Å². The number of ether oxygens (including phenoxy) is 2. The van der Waals surface area contributed by atoms with E-state index in [2.05, 4.69) is 59.3 Å². The molecule has 1 atom stereocenters.